The van der Waals surface area contributed by atoms with E-state index in [-0.39, 0.29) is 0 Å². The summed E-state index contributed by atoms with van der Waals surface area (Å²) in [5.74, 6) is 1.18. The number of hydrogen-bond acceptors (Lipinski definition) is 2. The topological polar surface area (TPSA) is 32.3 Å². The lowest BCUT2D eigenvalue weighted by atomic mass is 10.0. The highest BCUT2D eigenvalue weighted by Crippen LogP contribution is 2.18. The molecule has 2 aliphatic rings. The number of rotatable bonds is 3. The number of carbonyl (C=O) groups is 1. The molecule has 3 heteroatoms. The van der Waals surface area contributed by atoms with Crippen molar-refractivity contribution in [3.8, 4) is 0 Å². The summed E-state index contributed by atoms with van der Waals surface area (Å²) < 4.78 is 0. The third-order valence-electron chi connectivity index (χ3n) is 4.24. The van der Waals surface area contributed by atoms with E-state index in [9.17, 15) is 4.79 Å². The van der Waals surface area contributed by atoms with Crippen LogP contribution in [0.5, 0.6) is 0 Å². The molecule has 2 heterocycles. The predicted octanol–water partition coefficient (Wildman–Crippen LogP) is 2.17. The van der Waals surface area contributed by atoms with Crippen LogP contribution in [0, 0.1) is 5.92 Å². The number of amides is 1. The van der Waals surface area contributed by atoms with Crippen LogP contribution in [0.4, 0.5) is 0 Å². The zero-order valence-corrected chi connectivity index (χ0v) is 11.1. The number of nitrogens with one attached hydrogen (secondary N) is 1. The Bertz CT molecular complexity index is 249. The summed E-state index contributed by atoms with van der Waals surface area (Å²) in [6.45, 7) is 5.41. The van der Waals surface area contributed by atoms with Crippen LogP contribution in [0.25, 0.3) is 0 Å². The van der Waals surface area contributed by atoms with Gasteiger partial charge in [-0.1, -0.05) is 6.92 Å². The molecule has 0 bridgehead atoms. The van der Waals surface area contributed by atoms with E-state index in [0.717, 1.165) is 38.4 Å². The molecule has 2 saturated heterocycles. The Morgan fingerprint density at radius 1 is 1.24 bits per heavy atom. The van der Waals surface area contributed by atoms with Crippen LogP contribution in [-0.4, -0.2) is 36.5 Å². The quantitative estimate of drug-likeness (QED) is 0.817. The minimum Gasteiger partial charge on any atom is -0.343 e. The lowest BCUT2D eigenvalue weighted by molar-refractivity contribution is -0.131. The van der Waals surface area contributed by atoms with Gasteiger partial charge >= 0.3 is 0 Å². The zero-order chi connectivity index (χ0) is 12.1. The number of carbonyl (C=O) groups excluding carboxylic acids is 1. The van der Waals surface area contributed by atoms with Crippen molar-refractivity contribution < 1.29 is 4.79 Å². The van der Waals surface area contributed by atoms with Gasteiger partial charge < -0.3 is 10.2 Å². The Morgan fingerprint density at radius 3 is 2.88 bits per heavy atom. The molecule has 2 rings (SSSR count). The number of nitrogens with zero attached hydrogens (tertiary/aromatic N) is 1. The highest BCUT2D eigenvalue weighted by Gasteiger charge is 2.20. The maximum Gasteiger partial charge on any atom is 0.222 e. The van der Waals surface area contributed by atoms with Crippen LogP contribution in [0.3, 0.4) is 0 Å². The van der Waals surface area contributed by atoms with Crippen LogP contribution in [0.1, 0.15) is 51.9 Å². The fourth-order valence-electron chi connectivity index (χ4n) is 2.97. The van der Waals surface area contributed by atoms with Crippen LogP contribution >= 0.6 is 0 Å². The minimum absolute atomic E-state index is 0.382. The molecule has 0 aliphatic carbocycles. The molecule has 2 aliphatic heterocycles. The SMILES string of the molecule is CC1CCCN(C(=O)CCC2CCCN2)CC1. The second-order valence-electron chi connectivity index (χ2n) is 5.75. The molecule has 0 aromatic carbocycles. The summed E-state index contributed by atoms with van der Waals surface area (Å²) in [5.41, 5.74) is 0. The lowest BCUT2D eigenvalue weighted by Gasteiger charge is -2.21. The highest BCUT2D eigenvalue weighted by atomic mass is 16.2. The van der Waals surface area contributed by atoms with Crippen LogP contribution in [-0.2, 0) is 4.79 Å². The van der Waals surface area contributed by atoms with Gasteiger partial charge in [0, 0.05) is 25.6 Å². The zero-order valence-electron chi connectivity index (χ0n) is 11.1. The van der Waals surface area contributed by atoms with Crippen molar-refractivity contribution in [2.45, 2.75) is 57.9 Å². The maximum absolute atomic E-state index is 12.1. The smallest absolute Gasteiger partial charge is 0.222 e. The van der Waals surface area contributed by atoms with E-state index in [1.165, 1.54) is 32.1 Å². The first-order valence-corrected chi connectivity index (χ1v) is 7.27. The molecule has 3 nitrogen and oxygen atoms in total. The van der Waals surface area contributed by atoms with Gasteiger partial charge in [0.05, 0.1) is 0 Å². The third kappa shape index (κ3) is 3.98. The van der Waals surface area contributed by atoms with Crippen molar-refractivity contribution in [1.82, 2.24) is 10.2 Å². The molecule has 17 heavy (non-hydrogen) atoms. The molecule has 2 atom stereocenters. The van der Waals surface area contributed by atoms with E-state index in [4.69, 9.17) is 0 Å². The molecule has 0 radical (unpaired) electrons. The standard InChI is InChI=1S/C14H26N2O/c1-12-4-3-10-16(11-8-12)14(17)7-6-13-5-2-9-15-13/h12-13,15H,2-11H2,1H3. The number of hydrogen-bond donors (Lipinski definition) is 1. The van der Waals surface area contributed by atoms with E-state index in [2.05, 4.69) is 17.1 Å². The van der Waals surface area contributed by atoms with Gasteiger partial charge in [-0.15, -0.1) is 0 Å². The second-order valence-corrected chi connectivity index (χ2v) is 5.75. The van der Waals surface area contributed by atoms with Gasteiger partial charge in [-0.05, 0) is 51.0 Å². The van der Waals surface area contributed by atoms with Gasteiger partial charge in [0.15, 0.2) is 0 Å². The average molecular weight is 238 g/mol. The van der Waals surface area contributed by atoms with E-state index in [1.54, 1.807) is 0 Å². The molecule has 1 amide bonds. The highest BCUT2D eigenvalue weighted by molar-refractivity contribution is 5.76. The van der Waals surface area contributed by atoms with Crippen molar-refractivity contribution in [2.24, 2.45) is 5.92 Å². The van der Waals surface area contributed by atoms with Crippen LogP contribution < -0.4 is 5.32 Å². The normalized spacial score (nSPS) is 30.3. The minimum atomic E-state index is 0.382. The Kier molecular flexibility index (Phi) is 4.84. The maximum atomic E-state index is 12.1. The molecular weight excluding hydrogens is 212 g/mol. The van der Waals surface area contributed by atoms with Crippen molar-refractivity contribution in [3.05, 3.63) is 0 Å². The largest absolute Gasteiger partial charge is 0.343 e. The predicted molar refractivity (Wildman–Crippen MR) is 69.9 cm³/mol. The van der Waals surface area contributed by atoms with Gasteiger partial charge in [-0.25, -0.2) is 0 Å². The summed E-state index contributed by atoms with van der Waals surface area (Å²) in [6.07, 6.45) is 7.97. The van der Waals surface area contributed by atoms with Crippen molar-refractivity contribution >= 4 is 5.91 Å². The monoisotopic (exact) mass is 238 g/mol. The van der Waals surface area contributed by atoms with E-state index < -0.39 is 0 Å². The average Bonchev–Trinajstić information content (AvgIpc) is 2.74. The molecule has 1 N–H and O–H groups in total. The van der Waals surface area contributed by atoms with Crippen molar-refractivity contribution in [2.75, 3.05) is 19.6 Å². The Morgan fingerprint density at radius 2 is 2.12 bits per heavy atom. The summed E-state index contributed by atoms with van der Waals surface area (Å²) in [7, 11) is 0. The van der Waals surface area contributed by atoms with Crippen LogP contribution in [0.2, 0.25) is 0 Å². The molecule has 2 unspecified atom stereocenters. The van der Waals surface area contributed by atoms with Gasteiger partial charge in [0.25, 0.3) is 0 Å². The first kappa shape index (κ1) is 12.9. The van der Waals surface area contributed by atoms with Crippen molar-refractivity contribution in [1.29, 1.82) is 0 Å². The first-order chi connectivity index (χ1) is 8.25. The van der Waals surface area contributed by atoms with E-state index in [0.29, 0.717) is 11.9 Å². The fraction of sp³-hybridized carbons (Fsp3) is 0.929. The van der Waals surface area contributed by atoms with Gasteiger partial charge in [0.2, 0.25) is 5.91 Å². The van der Waals surface area contributed by atoms with Crippen LogP contribution in [0.15, 0.2) is 0 Å². The second kappa shape index (κ2) is 6.39. The van der Waals surface area contributed by atoms with Crippen molar-refractivity contribution in [3.63, 3.8) is 0 Å². The molecule has 98 valence electrons. The molecular formula is C14H26N2O. The molecule has 2 fully saturated rings. The molecule has 0 aromatic rings. The third-order valence-corrected chi connectivity index (χ3v) is 4.24. The van der Waals surface area contributed by atoms with Gasteiger partial charge in [0.1, 0.15) is 0 Å². The Hall–Kier alpha value is -0.570. The molecule has 0 spiro atoms. The van der Waals surface area contributed by atoms with E-state index >= 15 is 0 Å². The first-order valence-electron chi connectivity index (χ1n) is 7.27. The summed E-state index contributed by atoms with van der Waals surface area (Å²) in [6, 6.07) is 0.602. The lowest BCUT2D eigenvalue weighted by Crippen LogP contribution is -2.33. The van der Waals surface area contributed by atoms with Gasteiger partial charge in [-0.2, -0.15) is 0 Å². The summed E-state index contributed by atoms with van der Waals surface area (Å²) in [5, 5.41) is 3.46. The van der Waals surface area contributed by atoms with Gasteiger partial charge in [-0.3, -0.25) is 4.79 Å². The number of likely N-dealkylation sites (tertiary alicyclic amines) is 1. The Labute approximate surface area is 105 Å². The summed E-state index contributed by atoms with van der Waals surface area (Å²) >= 11 is 0. The Balaban J connectivity index is 1.70. The molecule has 0 aromatic heterocycles. The summed E-state index contributed by atoms with van der Waals surface area (Å²) in [4.78, 5) is 14.2. The molecule has 0 saturated carbocycles. The van der Waals surface area contributed by atoms with E-state index in [1.807, 2.05) is 0 Å². The fourth-order valence-corrected chi connectivity index (χ4v) is 2.97.